The summed E-state index contributed by atoms with van der Waals surface area (Å²) in [4.78, 5) is 17.1. The summed E-state index contributed by atoms with van der Waals surface area (Å²) in [6, 6.07) is 18.8. The van der Waals surface area contributed by atoms with Gasteiger partial charge in [-0.05, 0) is 79.3 Å². The number of nitrogens with zero attached hydrogens (tertiary/aromatic N) is 1. The van der Waals surface area contributed by atoms with Crippen LogP contribution in [0.1, 0.15) is 15.9 Å². The van der Waals surface area contributed by atoms with Gasteiger partial charge in [-0.25, -0.2) is 4.98 Å². The summed E-state index contributed by atoms with van der Waals surface area (Å²) in [5, 5.41) is 7.18. The van der Waals surface area contributed by atoms with Crippen molar-refractivity contribution >= 4 is 62.1 Å². The Morgan fingerprint density at radius 2 is 1.87 bits per heavy atom. The van der Waals surface area contributed by atoms with Crippen LogP contribution in [0.25, 0.3) is 20.8 Å². The average molecular weight is 468 g/mol. The van der Waals surface area contributed by atoms with E-state index >= 15 is 0 Å². The number of ether oxygens (including phenoxy) is 1. The zero-order valence-electron chi connectivity index (χ0n) is 16.7. The third-order valence-electron chi connectivity index (χ3n) is 4.57. The number of rotatable bonds is 4. The van der Waals surface area contributed by atoms with Gasteiger partial charge in [0.15, 0.2) is 5.11 Å². The Labute approximate surface area is 194 Å². The number of amides is 1. The van der Waals surface area contributed by atoms with Gasteiger partial charge >= 0.3 is 0 Å². The molecule has 0 atom stereocenters. The predicted molar refractivity (Wildman–Crippen MR) is 131 cm³/mol. The molecular formula is C23H18ClN3O2S2. The van der Waals surface area contributed by atoms with Crippen molar-refractivity contribution in [3.05, 3.63) is 76.8 Å². The monoisotopic (exact) mass is 467 g/mol. The largest absolute Gasteiger partial charge is 0.495 e. The highest BCUT2D eigenvalue weighted by atomic mass is 35.5. The number of thiocarbonyl (C=S) groups is 1. The molecule has 0 aliphatic rings. The molecule has 2 N–H and O–H groups in total. The minimum atomic E-state index is -0.358. The van der Waals surface area contributed by atoms with Crippen molar-refractivity contribution in [1.29, 1.82) is 0 Å². The normalized spacial score (nSPS) is 10.7. The maximum absolute atomic E-state index is 12.4. The number of aryl methyl sites for hydroxylation is 1. The Balaban J connectivity index is 1.41. The van der Waals surface area contributed by atoms with Crippen molar-refractivity contribution in [1.82, 2.24) is 10.3 Å². The number of anilines is 1. The van der Waals surface area contributed by atoms with E-state index < -0.39 is 0 Å². The predicted octanol–water partition coefficient (Wildman–Crippen LogP) is 6.06. The highest BCUT2D eigenvalue weighted by Gasteiger charge is 2.11. The Bertz CT molecular complexity index is 1290. The topological polar surface area (TPSA) is 63.2 Å². The molecular weight excluding hydrogens is 450 g/mol. The lowest BCUT2D eigenvalue weighted by molar-refractivity contribution is 0.0977. The first-order valence-corrected chi connectivity index (χ1v) is 11.0. The maximum Gasteiger partial charge on any atom is 0.257 e. The van der Waals surface area contributed by atoms with Crippen molar-refractivity contribution in [3.8, 4) is 16.3 Å². The Morgan fingerprint density at radius 1 is 1.10 bits per heavy atom. The van der Waals surface area contributed by atoms with Gasteiger partial charge < -0.3 is 10.1 Å². The molecule has 0 fully saturated rings. The van der Waals surface area contributed by atoms with Crippen LogP contribution >= 0.6 is 35.2 Å². The zero-order valence-corrected chi connectivity index (χ0v) is 19.1. The van der Waals surface area contributed by atoms with Crippen LogP contribution in [0.4, 0.5) is 5.69 Å². The van der Waals surface area contributed by atoms with Crippen LogP contribution < -0.4 is 15.4 Å². The SMILES string of the molecule is COc1ccc(C(=O)NC(=S)Nc2ccc(-c3nc4ccc(C)cc4s3)cc2)cc1Cl. The van der Waals surface area contributed by atoms with E-state index in [0.717, 1.165) is 21.8 Å². The molecule has 0 aliphatic heterocycles. The van der Waals surface area contributed by atoms with Crippen LogP contribution in [0.5, 0.6) is 5.75 Å². The van der Waals surface area contributed by atoms with Crippen molar-refractivity contribution in [3.63, 3.8) is 0 Å². The summed E-state index contributed by atoms with van der Waals surface area (Å²) in [5.74, 6) is 0.144. The van der Waals surface area contributed by atoms with Gasteiger partial charge in [0.1, 0.15) is 10.8 Å². The lowest BCUT2D eigenvalue weighted by Gasteiger charge is -2.11. The molecule has 0 saturated carbocycles. The lowest BCUT2D eigenvalue weighted by atomic mass is 10.2. The number of thiazole rings is 1. The van der Waals surface area contributed by atoms with Crippen molar-refractivity contribution in [2.45, 2.75) is 6.92 Å². The minimum Gasteiger partial charge on any atom is -0.495 e. The van der Waals surface area contributed by atoms with Crippen LogP contribution in [-0.2, 0) is 0 Å². The molecule has 5 nitrogen and oxygen atoms in total. The number of aromatic nitrogens is 1. The Morgan fingerprint density at radius 3 is 2.58 bits per heavy atom. The fourth-order valence-corrected chi connectivity index (χ4v) is 4.53. The Kier molecular flexibility index (Phi) is 6.18. The molecule has 1 heterocycles. The molecule has 0 radical (unpaired) electrons. The molecule has 0 unspecified atom stereocenters. The van der Waals surface area contributed by atoms with Crippen molar-refractivity contribution < 1.29 is 9.53 Å². The maximum atomic E-state index is 12.4. The number of nitrogens with one attached hydrogen (secondary N) is 2. The first-order valence-electron chi connectivity index (χ1n) is 9.36. The van der Waals surface area contributed by atoms with Crippen molar-refractivity contribution in [2.24, 2.45) is 0 Å². The molecule has 4 aromatic rings. The third kappa shape index (κ3) is 4.85. The van der Waals surface area contributed by atoms with Gasteiger partial charge in [-0.15, -0.1) is 11.3 Å². The fraction of sp³-hybridized carbons (Fsp3) is 0.0870. The second-order valence-electron chi connectivity index (χ2n) is 6.83. The molecule has 156 valence electrons. The number of methoxy groups -OCH3 is 1. The van der Waals surface area contributed by atoms with Crippen LogP contribution in [0.2, 0.25) is 5.02 Å². The molecule has 3 aromatic carbocycles. The molecule has 1 aromatic heterocycles. The number of carbonyl (C=O) groups excluding carboxylic acids is 1. The molecule has 0 aliphatic carbocycles. The lowest BCUT2D eigenvalue weighted by Crippen LogP contribution is -2.34. The summed E-state index contributed by atoms with van der Waals surface area (Å²) < 4.78 is 6.26. The van der Waals surface area contributed by atoms with Gasteiger partial charge in [-0.3, -0.25) is 10.1 Å². The first kappa shape index (κ1) is 21.2. The molecule has 0 spiro atoms. The number of benzene rings is 3. The summed E-state index contributed by atoms with van der Waals surface area (Å²) in [5.41, 5.74) is 4.38. The highest BCUT2D eigenvalue weighted by Crippen LogP contribution is 2.31. The molecule has 1 amide bonds. The van der Waals surface area contributed by atoms with Gasteiger partial charge in [0, 0.05) is 16.8 Å². The van der Waals surface area contributed by atoms with E-state index in [9.17, 15) is 4.79 Å². The Hall–Kier alpha value is -3.00. The van der Waals surface area contributed by atoms with Gasteiger partial charge in [0.05, 0.1) is 22.3 Å². The van der Waals surface area contributed by atoms with E-state index in [0.29, 0.717) is 16.3 Å². The molecule has 0 bridgehead atoms. The van der Waals surface area contributed by atoms with E-state index in [2.05, 4.69) is 29.7 Å². The van der Waals surface area contributed by atoms with E-state index in [1.165, 1.54) is 23.4 Å². The summed E-state index contributed by atoms with van der Waals surface area (Å²) in [6.07, 6.45) is 0. The van der Waals surface area contributed by atoms with Gasteiger partial charge in [0.2, 0.25) is 0 Å². The minimum absolute atomic E-state index is 0.195. The van der Waals surface area contributed by atoms with E-state index in [4.69, 9.17) is 33.5 Å². The number of hydrogen-bond donors (Lipinski definition) is 2. The highest BCUT2D eigenvalue weighted by molar-refractivity contribution is 7.80. The van der Waals surface area contributed by atoms with Gasteiger partial charge in [-0.2, -0.15) is 0 Å². The van der Waals surface area contributed by atoms with Crippen molar-refractivity contribution in [2.75, 3.05) is 12.4 Å². The van der Waals surface area contributed by atoms with E-state index in [1.54, 1.807) is 23.5 Å². The number of fused-ring (bicyclic) bond motifs is 1. The van der Waals surface area contributed by atoms with E-state index in [1.807, 2.05) is 30.3 Å². The molecule has 4 rings (SSSR count). The number of carbonyl (C=O) groups is 1. The molecule has 0 saturated heterocycles. The molecule has 8 heteroatoms. The number of hydrogen-bond acceptors (Lipinski definition) is 5. The second-order valence-corrected chi connectivity index (χ2v) is 8.67. The summed E-state index contributed by atoms with van der Waals surface area (Å²) in [6.45, 7) is 2.07. The van der Waals surface area contributed by atoms with Crippen LogP contribution in [0, 0.1) is 6.92 Å². The first-order chi connectivity index (χ1) is 14.9. The van der Waals surface area contributed by atoms with E-state index in [-0.39, 0.29) is 11.0 Å². The third-order valence-corrected chi connectivity index (χ3v) is 6.14. The van der Waals surface area contributed by atoms with Gasteiger partial charge in [0.25, 0.3) is 5.91 Å². The van der Waals surface area contributed by atoms with Crippen LogP contribution in [-0.4, -0.2) is 23.1 Å². The smallest absolute Gasteiger partial charge is 0.257 e. The average Bonchev–Trinajstić information content (AvgIpc) is 3.17. The summed E-state index contributed by atoms with van der Waals surface area (Å²) in [7, 11) is 1.52. The van der Waals surface area contributed by atoms with Crippen LogP contribution in [0.3, 0.4) is 0 Å². The quantitative estimate of drug-likeness (QED) is 0.357. The number of halogens is 1. The second kappa shape index (κ2) is 9.01. The van der Waals surface area contributed by atoms with Gasteiger partial charge in [-0.1, -0.05) is 17.7 Å². The summed E-state index contributed by atoms with van der Waals surface area (Å²) >= 11 is 13.0. The van der Waals surface area contributed by atoms with Crippen LogP contribution in [0.15, 0.2) is 60.7 Å². The molecule has 31 heavy (non-hydrogen) atoms. The standard InChI is InChI=1S/C23H18ClN3O2S2/c1-13-3-9-18-20(11-13)31-22(26-18)14-4-7-16(8-5-14)25-23(30)27-21(28)15-6-10-19(29-2)17(24)12-15/h3-12H,1-2H3,(H2,25,27,28,30). The zero-order chi connectivity index (χ0) is 22.0. The fourth-order valence-electron chi connectivity index (χ4n) is 3.00.